The number of amides is 1. The average molecular weight is 393 g/mol. The first-order valence-electron chi connectivity index (χ1n) is 10.5. The molecule has 0 radical (unpaired) electrons. The molecule has 2 aromatic carbocycles. The van der Waals surface area contributed by atoms with Crippen LogP contribution in [0, 0.1) is 0 Å². The van der Waals surface area contributed by atoms with E-state index in [9.17, 15) is 9.59 Å². The summed E-state index contributed by atoms with van der Waals surface area (Å²) in [7, 11) is 0. The Balaban J connectivity index is 1.41. The predicted molar refractivity (Wildman–Crippen MR) is 110 cm³/mol. The molecule has 0 unspecified atom stereocenters. The number of esters is 1. The van der Waals surface area contributed by atoms with Gasteiger partial charge in [0, 0.05) is 18.7 Å². The van der Waals surface area contributed by atoms with Crippen molar-refractivity contribution in [2.75, 3.05) is 19.7 Å². The number of hydrogen-bond donors (Lipinski definition) is 0. The topological polar surface area (TPSA) is 55.8 Å². The number of piperidine rings is 1. The number of aryl methyl sites for hydroxylation is 2. The van der Waals surface area contributed by atoms with E-state index in [0.717, 1.165) is 38.5 Å². The molecule has 1 amide bonds. The molecule has 0 aromatic heterocycles. The Bertz CT molecular complexity index is 858. The first-order valence-corrected chi connectivity index (χ1v) is 10.5. The van der Waals surface area contributed by atoms with Crippen molar-refractivity contribution in [3.05, 3.63) is 65.2 Å². The van der Waals surface area contributed by atoms with Crippen molar-refractivity contribution in [2.45, 2.75) is 44.6 Å². The van der Waals surface area contributed by atoms with Gasteiger partial charge in [0.2, 0.25) is 6.10 Å². The summed E-state index contributed by atoms with van der Waals surface area (Å²) >= 11 is 0. The van der Waals surface area contributed by atoms with Gasteiger partial charge in [0.25, 0.3) is 5.91 Å². The van der Waals surface area contributed by atoms with E-state index >= 15 is 0 Å². The summed E-state index contributed by atoms with van der Waals surface area (Å²) in [6, 6.07) is 15.2. The summed E-state index contributed by atoms with van der Waals surface area (Å²) in [5.41, 5.74) is 3.34. The first kappa shape index (κ1) is 19.5. The van der Waals surface area contributed by atoms with E-state index in [1.54, 1.807) is 4.90 Å². The molecule has 1 fully saturated rings. The van der Waals surface area contributed by atoms with Gasteiger partial charge >= 0.3 is 5.97 Å². The largest absolute Gasteiger partial charge is 0.482 e. The maximum atomic E-state index is 13.0. The van der Waals surface area contributed by atoms with Gasteiger partial charge in [-0.05, 0) is 61.8 Å². The number of benzene rings is 2. The molecule has 29 heavy (non-hydrogen) atoms. The molecule has 1 aliphatic carbocycles. The molecule has 2 aromatic rings. The molecule has 152 valence electrons. The van der Waals surface area contributed by atoms with E-state index in [1.807, 2.05) is 42.5 Å². The highest BCUT2D eigenvalue weighted by Gasteiger charge is 2.30. The minimum atomic E-state index is -0.926. The maximum Gasteiger partial charge on any atom is 0.345 e. The van der Waals surface area contributed by atoms with E-state index in [0.29, 0.717) is 24.4 Å². The molecule has 5 nitrogen and oxygen atoms in total. The molecule has 0 saturated carbocycles. The van der Waals surface area contributed by atoms with Crippen LogP contribution in [0.2, 0.25) is 0 Å². The number of likely N-dealkylation sites (tertiary alicyclic amines) is 1. The normalized spacial score (nSPS) is 16.8. The van der Waals surface area contributed by atoms with E-state index in [-0.39, 0.29) is 12.5 Å². The van der Waals surface area contributed by atoms with Crippen LogP contribution in [-0.2, 0) is 27.2 Å². The molecule has 1 atom stereocenters. The smallest absolute Gasteiger partial charge is 0.345 e. The molecule has 1 aliphatic heterocycles. The highest BCUT2D eigenvalue weighted by molar-refractivity contribution is 5.85. The third-order valence-corrected chi connectivity index (χ3v) is 5.67. The van der Waals surface area contributed by atoms with E-state index in [4.69, 9.17) is 9.47 Å². The Morgan fingerprint density at radius 3 is 2.45 bits per heavy atom. The summed E-state index contributed by atoms with van der Waals surface area (Å²) in [5, 5.41) is 0. The molecule has 0 N–H and O–H groups in total. The zero-order valence-corrected chi connectivity index (χ0v) is 16.6. The van der Waals surface area contributed by atoms with Crippen LogP contribution in [0.4, 0.5) is 0 Å². The van der Waals surface area contributed by atoms with E-state index in [1.165, 1.54) is 11.1 Å². The SMILES string of the molecule is O=C(COc1ccc2c(c1)CCC2)O[C@H](C(=O)N1CCCCC1)c1ccccc1. The molecule has 0 bridgehead atoms. The van der Waals surface area contributed by atoms with Gasteiger partial charge in [-0.25, -0.2) is 4.79 Å². The van der Waals surface area contributed by atoms with Gasteiger partial charge in [-0.1, -0.05) is 36.4 Å². The summed E-state index contributed by atoms with van der Waals surface area (Å²) in [5.74, 6) is -0.0206. The Kier molecular flexibility index (Phi) is 6.13. The fraction of sp³-hybridized carbons (Fsp3) is 0.417. The quantitative estimate of drug-likeness (QED) is 0.700. The highest BCUT2D eigenvalue weighted by atomic mass is 16.6. The number of fused-ring (bicyclic) bond motifs is 1. The van der Waals surface area contributed by atoms with Crippen molar-refractivity contribution >= 4 is 11.9 Å². The van der Waals surface area contributed by atoms with Gasteiger partial charge in [0.05, 0.1) is 0 Å². The third kappa shape index (κ3) is 4.78. The summed E-state index contributed by atoms with van der Waals surface area (Å²) in [6.07, 6.45) is 5.51. The van der Waals surface area contributed by atoms with Crippen molar-refractivity contribution in [2.24, 2.45) is 0 Å². The molecule has 1 saturated heterocycles. The van der Waals surface area contributed by atoms with Gasteiger partial charge in [-0.15, -0.1) is 0 Å². The maximum absolute atomic E-state index is 13.0. The number of carbonyl (C=O) groups is 2. The first-order chi connectivity index (χ1) is 14.2. The number of nitrogens with zero attached hydrogens (tertiary/aromatic N) is 1. The lowest BCUT2D eigenvalue weighted by atomic mass is 10.1. The van der Waals surface area contributed by atoms with E-state index < -0.39 is 12.1 Å². The van der Waals surface area contributed by atoms with Crippen LogP contribution < -0.4 is 4.74 Å². The molecule has 1 heterocycles. The Labute approximate surface area is 171 Å². The zero-order valence-electron chi connectivity index (χ0n) is 16.6. The second-order valence-corrected chi connectivity index (χ2v) is 7.74. The minimum absolute atomic E-state index is 0.151. The fourth-order valence-corrected chi connectivity index (χ4v) is 4.11. The van der Waals surface area contributed by atoms with Crippen molar-refractivity contribution in [3.8, 4) is 5.75 Å². The van der Waals surface area contributed by atoms with Gasteiger partial charge in [0.1, 0.15) is 5.75 Å². The van der Waals surface area contributed by atoms with Gasteiger partial charge in [0.15, 0.2) is 6.61 Å². The van der Waals surface area contributed by atoms with Crippen molar-refractivity contribution in [1.82, 2.24) is 4.90 Å². The zero-order chi connectivity index (χ0) is 20.1. The van der Waals surface area contributed by atoms with Crippen molar-refractivity contribution < 1.29 is 19.1 Å². The molecular formula is C24H27NO4. The van der Waals surface area contributed by atoms with Gasteiger partial charge < -0.3 is 14.4 Å². The van der Waals surface area contributed by atoms with Crippen molar-refractivity contribution in [3.63, 3.8) is 0 Å². The lowest BCUT2D eigenvalue weighted by Gasteiger charge is -2.30. The number of carbonyl (C=O) groups excluding carboxylic acids is 2. The van der Waals surface area contributed by atoms with Crippen LogP contribution in [0.3, 0.4) is 0 Å². The summed E-state index contributed by atoms with van der Waals surface area (Å²) < 4.78 is 11.3. The van der Waals surface area contributed by atoms with Gasteiger partial charge in [-0.2, -0.15) is 0 Å². The van der Waals surface area contributed by atoms with Crippen LogP contribution in [0.5, 0.6) is 5.75 Å². The second-order valence-electron chi connectivity index (χ2n) is 7.74. The second kappa shape index (κ2) is 9.12. The molecule has 2 aliphatic rings. The lowest BCUT2D eigenvalue weighted by Crippen LogP contribution is -2.40. The number of rotatable bonds is 6. The molecular weight excluding hydrogens is 366 g/mol. The van der Waals surface area contributed by atoms with E-state index in [2.05, 4.69) is 6.07 Å². The third-order valence-electron chi connectivity index (χ3n) is 5.67. The van der Waals surface area contributed by atoms with Crippen LogP contribution in [-0.4, -0.2) is 36.5 Å². The highest BCUT2D eigenvalue weighted by Crippen LogP contribution is 2.26. The Hall–Kier alpha value is -2.82. The minimum Gasteiger partial charge on any atom is -0.482 e. The van der Waals surface area contributed by atoms with Crippen LogP contribution in [0.25, 0.3) is 0 Å². The fourth-order valence-electron chi connectivity index (χ4n) is 4.11. The number of hydrogen-bond acceptors (Lipinski definition) is 4. The Morgan fingerprint density at radius 2 is 1.66 bits per heavy atom. The standard InChI is InChI=1S/C24H27NO4/c26-22(17-28-21-13-12-18-10-7-11-20(18)16-21)29-23(19-8-3-1-4-9-19)24(27)25-14-5-2-6-15-25/h1,3-4,8-9,12-13,16,23H,2,5-7,10-11,14-15,17H2/t23-/m0/s1. The van der Waals surface area contributed by atoms with Crippen LogP contribution in [0.15, 0.2) is 48.5 Å². The summed E-state index contributed by atoms with van der Waals surface area (Å²) in [6.45, 7) is 1.21. The monoisotopic (exact) mass is 393 g/mol. The summed E-state index contributed by atoms with van der Waals surface area (Å²) in [4.78, 5) is 27.3. The lowest BCUT2D eigenvalue weighted by molar-refractivity contribution is -0.163. The predicted octanol–water partition coefficient (Wildman–Crippen LogP) is 3.85. The van der Waals surface area contributed by atoms with Crippen molar-refractivity contribution in [1.29, 1.82) is 0 Å². The van der Waals surface area contributed by atoms with Gasteiger partial charge in [-0.3, -0.25) is 4.79 Å². The Morgan fingerprint density at radius 1 is 0.897 bits per heavy atom. The molecule has 4 rings (SSSR count). The molecule has 0 spiro atoms. The number of ether oxygens (including phenoxy) is 2. The van der Waals surface area contributed by atoms with Crippen LogP contribution in [0.1, 0.15) is 48.5 Å². The molecule has 5 heteroatoms. The van der Waals surface area contributed by atoms with Crippen LogP contribution >= 0.6 is 0 Å². The average Bonchev–Trinajstić information content (AvgIpc) is 3.25.